The van der Waals surface area contributed by atoms with Crippen LogP contribution in [0.5, 0.6) is 5.75 Å². The predicted molar refractivity (Wildman–Crippen MR) is 56.4 cm³/mol. The molecule has 0 unspecified atom stereocenters. The minimum atomic E-state index is -0.456. The Morgan fingerprint density at radius 2 is 2.20 bits per heavy atom. The van der Waals surface area contributed by atoms with Gasteiger partial charge < -0.3 is 4.74 Å². The lowest BCUT2D eigenvalue weighted by Crippen LogP contribution is -1.98. The van der Waals surface area contributed by atoms with Gasteiger partial charge in [0.05, 0.1) is 12.7 Å². The Hall–Kier alpha value is -1.27. The molecule has 0 aliphatic rings. The van der Waals surface area contributed by atoms with E-state index in [4.69, 9.17) is 21.6 Å². The molecule has 0 spiro atoms. The topological polar surface area (TPSA) is 33.0 Å². The van der Waals surface area contributed by atoms with Gasteiger partial charge >= 0.3 is 0 Å². The number of hydrogen-bond acceptors (Lipinski definition) is 2. The van der Waals surface area contributed by atoms with E-state index in [0.717, 1.165) is 12.8 Å². The van der Waals surface area contributed by atoms with Crippen molar-refractivity contribution in [2.45, 2.75) is 19.3 Å². The zero-order chi connectivity index (χ0) is 11.1. The second-order valence-corrected chi connectivity index (χ2v) is 3.47. The summed E-state index contributed by atoms with van der Waals surface area (Å²) in [6.45, 7) is 0.417. The van der Waals surface area contributed by atoms with Crippen LogP contribution in [0.1, 0.15) is 19.3 Å². The van der Waals surface area contributed by atoms with Crippen LogP contribution in [0.25, 0.3) is 0 Å². The minimum absolute atomic E-state index is 0.205. The third kappa shape index (κ3) is 4.18. The van der Waals surface area contributed by atoms with Crippen LogP contribution in [0.4, 0.5) is 4.39 Å². The maximum absolute atomic E-state index is 13.2. The molecule has 0 radical (unpaired) electrons. The summed E-state index contributed by atoms with van der Waals surface area (Å²) in [6, 6.07) is 6.33. The Bertz CT molecular complexity index is 362. The first-order chi connectivity index (χ1) is 7.24. The van der Waals surface area contributed by atoms with Gasteiger partial charge in [-0.2, -0.15) is 5.26 Å². The fourth-order valence-corrected chi connectivity index (χ4v) is 1.24. The molecule has 0 aliphatic carbocycles. The van der Waals surface area contributed by atoms with Gasteiger partial charge in [0.1, 0.15) is 0 Å². The van der Waals surface area contributed by atoms with Crippen LogP contribution in [0.15, 0.2) is 18.2 Å². The number of nitrogens with zero attached hydrogens (tertiary/aromatic N) is 1. The molecule has 0 amide bonds. The summed E-state index contributed by atoms with van der Waals surface area (Å²) in [7, 11) is 0. The average molecular weight is 228 g/mol. The summed E-state index contributed by atoms with van der Waals surface area (Å²) in [5, 5.41) is 8.64. The molecule has 0 saturated heterocycles. The van der Waals surface area contributed by atoms with E-state index in [9.17, 15) is 4.39 Å². The molecule has 15 heavy (non-hydrogen) atoms. The van der Waals surface area contributed by atoms with Crippen molar-refractivity contribution in [1.82, 2.24) is 0 Å². The molecule has 1 aromatic carbocycles. The van der Waals surface area contributed by atoms with Crippen molar-refractivity contribution in [2.75, 3.05) is 6.61 Å². The molecule has 1 aromatic rings. The van der Waals surface area contributed by atoms with Crippen LogP contribution in [0, 0.1) is 17.1 Å². The van der Waals surface area contributed by atoms with Crippen LogP contribution in [0.2, 0.25) is 5.02 Å². The first kappa shape index (κ1) is 11.8. The van der Waals surface area contributed by atoms with E-state index in [2.05, 4.69) is 0 Å². The summed E-state index contributed by atoms with van der Waals surface area (Å²) < 4.78 is 18.4. The molecule has 0 heterocycles. The smallest absolute Gasteiger partial charge is 0.166 e. The van der Waals surface area contributed by atoms with Crippen molar-refractivity contribution in [3.8, 4) is 11.8 Å². The molecule has 4 heteroatoms. The standard InChI is InChI=1S/C11H11ClFNO/c12-9-4-5-11(10(13)8-9)15-7-3-1-2-6-14/h4-5,8H,1-3,7H2. The van der Waals surface area contributed by atoms with E-state index in [1.54, 1.807) is 6.07 Å². The Labute approximate surface area is 93.2 Å². The molecule has 0 atom stereocenters. The second kappa shape index (κ2) is 6.26. The molecule has 80 valence electrons. The van der Waals surface area contributed by atoms with E-state index in [1.165, 1.54) is 12.1 Å². The van der Waals surface area contributed by atoms with Gasteiger partial charge in [-0.15, -0.1) is 0 Å². The number of hydrogen-bond donors (Lipinski definition) is 0. The van der Waals surface area contributed by atoms with Gasteiger partial charge in [-0.3, -0.25) is 0 Å². The molecule has 0 aromatic heterocycles. The highest BCUT2D eigenvalue weighted by atomic mass is 35.5. The van der Waals surface area contributed by atoms with Gasteiger partial charge in [0.2, 0.25) is 0 Å². The van der Waals surface area contributed by atoms with E-state index in [0.29, 0.717) is 18.1 Å². The number of unbranched alkanes of at least 4 members (excludes halogenated alkanes) is 2. The summed E-state index contributed by atoms with van der Waals surface area (Å²) in [6.07, 6.45) is 2.02. The Morgan fingerprint density at radius 3 is 2.87 bits per heavy atom. The first-order valence-electron chi connectivity index (χ1n) is 4.69. The number of ether oxygens (including phenoxy) is 1. The highest BCUT2D eigenvalue weighted by molar-refractivity contribution is 6.30. The number of benzene rings is 1. The van der Waals surface area contributed by atoms with Gasteiger partial charge in [-0.1, -0.05) is 11.6 Å². The molecular weight excluding hydrogens is 217 g/mol. The van der Waals surface area contributed by atoms with Crippen molar-refractivity contribution < 1.29 is 9.13 Å². The molecule has 0 fully saturated rings. The normalized spacial score (nSPS) is 9.67. The van der Waals surface area contributed by atoms with E-state index >= 15 is 0 Å². The largest absolute Gasteiger partial charge is 0.491 e. The highest BCUT2D eigenvalue weighted by Gasteiger charge is 2.03. The number of rotatable bonds is 5. The van der Waals surface area contributed by atoms with Crippen LogP contribution >= 0.6 is 11.6 Å². The van der Waals surface area contributed by atoms with Crippen LogP contribution in [0.3, 0.4) is 0 Å². The molecule has 0 aliphatic heterocycles. The second-order valence-electron chi connectivity index (χ2n) is 3.04. The maximum Gasteiger partial charge on any atom is 0.166 e. The molecule has 2 nitrogen and oxygen atoms in total. The summed E-state index contributed by atoms with van der Waals surface area (Å²) in [5.74, 6) is -0.251. The van der Waals surface area contributed by atoms with Gasteiger partial charge in [0.15, 0.2) is 11.6 Å². The fourth-order valence-electron chi connectivity index (χ4n) is 1.08. The SMILES string of the molecule is N#CCCCCOc1ccc(Cl)cc1F. The first-order valence-corrected chi connectivity index (χ1v) is 5.06. The van der Waals surface area contributed by atoms with Crippen LogP contribution < -0.4 is 4.74 Å². The average Bonchev–Trinajstić information content (AvgIpc) is 2.20. The monoisotopic (exact) mass is 227 g/mol. The fraction of sp³-hybridized carbons (Fsp3) is 0.364. The van der Waals surface area contributed by atoms with Crippen LogP contribution in [-0.4, -0.2) is 6.61 Å². The quantitative estimate of drug-likeness (QED) is 0.721. The summed E-state index contributed by atoms with van der Waals surface area (Å²) in [5.41, 5.74) is 0. The summed E-state index contributed by atoms with van der Waals surface area (Å²) >= 11 is 5.59. The minimum Gasteiger partial charge on any atom is -0.491 e. The summed E-state index contributed by atoms with van der Waals surface area (Å²) in [4.78, 5) is 0. The van der Waals surface area contributed by atoms with Crippen molar-refractivity contribution >= 4 is 11.6 Å². The molecule has 0 N–H and O–H groups in total. The molecular formula is C11H11ClFNO. The van der Waals surface area contributed by atoms with E-state index in [-0.39, 0.29) is 5.75 Å². The Kier molecular flexibility index (Phi) is 4.92. The predicted octanol–water partition coefficient (Wildman–Crippen LogP) is 3.55. The van der Waals surface area contributed by atoms with Crippen LogP contribution in [-0.2, 0) is 0 Å². The van der Waals surface area contributed by atoms with Crippen molar-refractivity contribution in [1.29, 1.82) is 5.26 Å². The lowest BCUT2D eigenvalue weighted by molar-refractivity contribution is 0.292. The Morgan fingerprint density at radius 1 is 1.40 bits per heavy atom. The van der Waals surface area contributed by atoms with Gasteiger partial charge in [-0.25, -0.2) is 4.39 Å². The molecule has 0 bridgehead atoms. The maximum atomic E-state index is 13.2. The van der Waals surface area contributed by atoms with Gasteiger partial charge in [-0.05, 0) is 31.0 Å². The van der Waals surface area contributed by atoms with Crippen molar-refractivity contribution in [3.63, 3.8) is 0 Å². The van der Waals surface area contributed by atoms with Gasteiger partial charge in [0.25, 0.3) is 0 Å². The van der Waals surface area contributed by atoms with E-state index in [1.807, 2.05) is 6.07 Å². The lowest BCUT2D eigenvalue weighted by atomic mass is 10.2. The van der Waals surface area contributed by atoms with Crippen molar-refractivity contribution in [3.05, 3.63) is 29.0 Å². The third-order valence-electron chi connectivity index (χ3n) is 1.83. The van der Waals surface area contributed by atoms with E-state index < -0.39 is 5.82 Å². The number of nitriles is 1. The Balaban J connectivity index is 2.35. The zero-order valence-electron chi connectivity index (χ0n) is 8.17. The zero-order valence-corrected chi connectivity index (χ0v) is 8.93. The third-order valence-corrected chi connectivity index (χ3v) is 2.07. The number of halogens is 2. The van der Waals surface area contributed by atoms with Crippen molar-refractivity contribution in [2.24, 2.45) is 0 Å². The lowest BCUT2D eigenvalue weighted by Gasteiger charge is -2.06. The molecule has 0 saturated carbocycles. The molecule has 1 rings (SSSR count). The van der Waals surface area contributed by atoms with Gasteiger partial charge in [0, 0.05) is 11.4 Å². The highest BCUT2D eigenvalue weighted by Crippen LogP contribution is 2.21.